The summed E-state index contributed by atoms with van der Waals surface area (Å²) in [6, 6.07) is 4.96. The molecular formula is C12H16N4O2S. The van der Waals surface area contributed by atoms with Gasteiger partial charge in [0.05, 0.1) is 5.56 Å². The number of nitrogens with one attached hydrogen (secondary N) is 1. The normalized spacial score (nSPS) is 20.7. The minimum absolute atomic E-state index is 0.234. The molecule has 7 heteroatoms. The number of nitriles is 1. The fourth-order valence-corrected chi connectivity index (χ4v) is 3.42. The maximum Gasteiger partial charge on any atom is 0.302 e. The van der Waals surface area contributed by atoms with Gasteiger partial charge in [-0.25, -0.2) is 4.98 Å². The molecule has 0 amide bonds. The van der Waals surface area contributed by atoms with Crippen LogP contribution in [0.5, 0.6) is 0 Å². The molecule has 0 saturated carbocycles. The van der Waals surface area contributed by atoms with Gasteiger partial charge in [-0.1, -0.05) is 6.92 Å². The summed E-state index contributed by atoms with van der Waals surface area (Å²) in [6.45, 7) is 3.11. The molecule has 1 fully saturated rings. The van der Waals surface area contributed by atoms with E-state index in [1.54, 1.807) is 0 Å². The van der Waals surface area contributed by atoms with Crippen molar-refractivity contribution >= 4 is 16.0 Å². The predicted octanol–water partition coefficient (Wildman–Crippen LogP) is 1.34. The van der Waals surface area contributed by atoms with E-state index in [4.69, 9.17) is 5.26 Å². The molecule has 19 heavy (non-hydrogen) atoms. The number of piperidine rings is 1. The molecule has 1 aliphatic heterocycles. The quantitative estimate of drug-likeness (QED) is 0.905. The first kappa shape index (κ1) is 13.8. The second-order valence-corrected chi connectivity index (χ2v) is 6.43. The molecule has 0 spiro atoms. The van der Waals surface area contributed by atoms with Gasteiger partial charge in [0.1, 0.15) is 11.9 Å². The van der Waals surface area contributed by atoms with E-state index in [1.807, 2.05) is 13.0 Å². The number of anilines is 1. The Morgan fingerprint density at radius 1 is 1.53 bits per heavy atom. The van der Waals surface area contributed by atoms with E-state index < -0.39 is 10.2 Å². The van der Waals surface area contributed by atoms with Crippen LogP contribution in [0.25, 0.3) is 0 Å². The van der Waals surface area contributed by atoms with Gasteiger partial charge in [0, 0.05) is 19.3 Å². The lowest BCUT2D eigenvalue weighted by molar-refractivity contribution is 0.282. The first-order valence-corrected chi connectivity index (χ1v) is 7.59. The molecule has 1 N–H and O–H groups in total. The van der Waals surface area contributed by atoms with E-state index in [-0.39, 0.29) is 5.82 Å². The highest BCUT2D eigenvalue weighted by atomic mass is 32.2. The summed E-state index contributed by atoms with van der Waals surface area (Å²) in [7, 11) is -3.55. The molecule has 0 aromatic carbocycles. The van der Waals surface area contributed by atoms with Crippen molar-refractivity contribution in [3.8, 4) is 6.07 Å². The van der Waals surface area contributed by atoms with Crippen LogP contribution < -0.4 is 4.72 Å². The predicted molar refractivity (Wildman–Crippen MR) is 71.5 cm³/mol. The fourth-order valence-electron chi connectivity index (χ4n) is 2.08. The highest BCUT2D eigenvalue weighted by molar-refractivity contribution is 7.90. The molecule has 102 valence electrons. The number of hydrogen-bond donors (Lipinski definition) is 1. The lowest BCUT2D eigenvalue weighted by Crippen LogP contribution is -2.42. The summed E-state index contributed by atoms with van der Waals surface area (Å²) in [5, 5.41) is 8.66. The molecule has 1 aromatic heterocycles. The zero-order chi connectivity index (χ0) is 13.9. The Balaban J connectivity index is 2.09. The molecule has 6 nitrogen and oxygen atoms in total. The monoisotopic (exact) mass is 280 g/mol. The number of aromatic nitrogens is 1. The van der Waals surface area contributed by atoms with Crippen LogP contribution in [-0.4, -0.2) is 30.8 Å². The first-order valence-electron chi connectivity index (χ1n) is 6.15. The molecule has 1 aromatic rings. The van der Waals surface area contributed by atoms with Crippen molar-refractivity contribution < 1.29 is 8.42 Å². The summed E-state index contributed by atoms with van der Waals surface area (Å²) < 4.78 is 28.2. The maximum atomic E-state index is 12.2. The second-order valence-electron chi connectivity index (χ2n) is 4.76. The number of hydrogen-bond acceptors (Lipinski definition) is 4. The van der Waals surface area contributed by atoms with Crippen molar-refractivity contribution in [3.63, 3.8) is 0 Å². The molecule has 2 heterocycles. The van der Waals surface area contributed by atoms with Crippen LogP contribution in [0.1, 0.15) is 25.3 Å². The van der Waals surface area contributed by atoms with Gasteiger partial charge in [0.2, 0.25) is 0 Å². The van der Waals surface area contributed by atoms with Crippen LogP contribution in [0.3, 0.4) is 0 Å². The van der Waals surface area contributed by atoms with E-state index in [0.29, 0.717) is 24.6 Å². The van der Waals surface area contributed by atoms with Crippen LogP contribution in [-0.2, 0) is 10.2 Å². The molecule has 1 atom stereocenters. The van der Waals surface area contributed by atoms with E-state index in [0.717, 1.165) is 12.8 Å². The van der Waals surface area contributed by atoms with Gasteiger partial charge in [-0.15, -0.1) is 0 Å². The smallest absolute Gasteiger partial charge is 0.254 e. The zero-order valence-corrected chi connectivity index (χ0v) is 11.5. The second kappa shape index (κ2) is 5.55. The van der Waals surface area contributed by atoms with Gasteiger partial charge in [0.25, 0.3) is 0 Å². The fraction of sp³-hybridized carbons (Fsp3) is 0.500. The van der Waals surface area contributed by atoms with Gasteiger partial charge in [0.15, 0.2) is 0 Å². The Kier molecular flexibility index (Phi) is 4.02. The zero-order valence-electron chi connectivity index (χ0n) is 10.7. The number of nitrogens with zero attached hydrogens (tertiary/aromatic N) is 3. The van der Waals surface area contributed by atoms with Crippen LogP contribution in [0, 0.1) is 17.2 Å². The summed E-state index contributed by atoms with van der Waals surface area (Å²) >= 11 is 0. The van der Waals surface area contributed by atoms with Gasteiger partial charge in [-0.2, -0.15) is 18.0 Å². The van der Waals surface area contributed by atoms with Crippen molar-refractivity contribution in [2.75, 3.05) is 17.8 Å². The van der Waals surface area contributed by atoms with Crippen LogP contribution in [0.4, 0.5) is 5.82 Å². The Labute approximate surface area is 113 Å². The van der Waals surface area contributed by atoms with Crippen LogP contribution in [0.15, 0.2) is 18.3 Å². The van der Waals surface area contributed by atoms with E-state index >= 15 is 0 Å². The highest BCUT2D eigenvalue weighted by Gasteiger charge is 2.27. The van der Waals surface area contributed by atoms with E-state index in [2.05, 4.69) is 9.71 Å². The van der Waals surface area contributed by atoms with E-state index in [1.165, 1.54) is 22.6 Å². The summed E-state index contributed by atoms with van der Waals surface area (Å²) in [4.78, 5) is 3.91. The highest BCUT2D eigenvalue weighted by Crippen LogP contribution is 2.19. The SMILES string of the molecule is CC1CCCN(S(=O)(=O)Nc2ccc(C#N)cn2)C1. The number of pyridine rings is 1. The Morgan fingerprint density at radius 2 is 2.32 bits per heavy atom. The summed E-state index contributed by atoms with van der Waals surface area (Å²) in [5.41, 5.74) is 0.398. The molecule has 0 aliphatic carbocycles. The molecule has 0 bridgehead atoms. The average Bonchev–Trinajstić information content (AvgIpc) is 2.39. The summed E-state index contributed by atoms with van der Waals surface area (Å²) in [5.74, 6) is 0.608. The third-order valence-corrected chi connectivity index (χ3v) is 4.56. The Morgan fingerprint density at radius 3 is 2.89 bits per heavy atom. The van der Waals surface area contributed by atoms with Crippen molar-refractivity contribution in [1.29, 1.82) is 5.26 Å². The lowest BCUT2D eigenvalue weighted by atomic mass is 10.0. The molecule has 1 aliphatic rings. The van der Waals surface area contributed by atoms with E-state index in [9.17, 15) is 8.42 Å². The standard InChI is InChI=1S/C12H16N4O2S/c1-10-3-2-6-16(9-10)19(17,18)15-12-5-4-11(7-13)8-14-12/h4-5,8,10H,2-3,6,9H2,1H3,(H,14,15). The molecule has 1 unspecified atom stereocenters. The van der Waals surface area contributed by atoms with Gasteiger partial charge < -0.3 is 0 Å². The molecule has 2 rings (SSSR count). The molecule has 1 saturated heterocycles. The van der Waals surface area contributed by atoms with Crippen molar-refractivity contribution in [2.45, 2.75) is 19.8 Å². The third kappa shape index (κ3) is 3.43. The maximum absolute atomic E-state index is 12.2. The van der Waals surface area contributed by atoms with Crippen molar-refractivity contribution in [2.24, 2.45) is 5.92 Å². The van der Waals surface area contributed by atoms with Crippen molar-refractivity contribution in [1.82, 2.24) is 9.29 Å². The van der Waals surface area contributed by atoms with Crippen molar-refractivity contribution in [3.05, 3.63) is 23.9 Å². The Bertz CT molecular complexity index is 577. The summed E-state index contributed by atoms with van der Waals surface area (Å²) in [6.07, 6.45) is 3.28. The third-order valence-electron chi connectivity index (χ3n) is 3.09. The number of rotatable bonds is 3. The van der Waals surface area contributed by atoms with Crippen LogP contribution in [0.2, 0.25) is 0 Å². The largest absolute Gasteiger partial charge is 0.302 e. The van der Waals surface area contributed by atoms with Gasteiger partial charge in [-0.3, -0.25) is 4.72 Å². The van der Waals surface area contributed by atoms with Gasteiger partial charge >= 0.3 is 10.2 Å². The molecular weight excluding hydrogens is 264 g/mol. The molecule has 0 radical (unpaired) electrons. The Hall–Kier alpha value is -1.65. The minimum atomic E-state index is -3.55. The first-order chi connectivity index (χ1) is 9.01. The lowest BCUT2D eigenvalue weighted by Gasteiger charge is -2.29. The average molecular weight is 280 g/mol. The minimum Gasteiger partial charge on any atom is -0.254 e. The van der Waals surface area contributed by atoms with Crippen LogP contribution >= 0.6 is 0 Å². The topological polar surface area (TPSA) is 86.1 Å². The van der Waals surface area contributed by atoms with Gasteiger partial charge in [-0.05, 0) is 30.9 Å².